The van der Waals surface area contributed by atoms with E-state index >= 15 is 0 Å². The zero-order valence-corrected chi connectivity index (χ0v) is 6.45. The van der Waals surface area contributed by atoms with Crippen LogP contribution in [0.1, 0.15) is 12.8 Å². The van der Waals surface area contributed by atoms with Gasteiger partial charge in [0.2, 0.25) is 0 Å². The zero-order valence-electron chi connectivity index (χ0n) is 6.45. The van der Waals surface area contributed by atoms with Crippen LogP contribution >= 0.6 is 0 Å². The summed E-state index contributed by atoms with van der Waals surface area (Å²) in [4.78, 5) is 0. The third-order valence-corrected chi connectivity index (χ3v) is 2.83. The minimum absolute atomic E-state index is 0.555. The van der Waals surface area contributed by atoms with Gasteiger partial charge in [-0.2, -0.15) is 0 Å². The summed E-state index contributed by atoms with van der Waals surface area (Å²) in [6.07, 6.45) is 3.42. The lowest BCUT2D eigenvalue weighted by Crippen LogP contribution is -2.48. The smallest absolute Gasteiger partial charge is 0.0858 e. The van der Waals surface area contributed by atoms with Crippen LogP contribution in [-0.4, -0.2) is 37.5 Å². The highest BCUT2D eigenvalue weighted by atomic mass is 16.6. The van der Waals surface area contributed by atoms with Crippen LogP contribution in [0.4, 0.5) is 0 Å². The highest BCUT2D eigenvalue weighted by molar-refractivity contribution is 4.97. The lowest BCUT2D eigenvalue weighted by molar-refractivity contribution is 0.0370. The summed E-state index contributed by atoms with van der Waals surface area (Å²) in [6, 6.07) is 1.12. The Labute approximate surface area is 66.1 Å². The second-order valence-corrected chi connectivity index (χ2v) is 3.78. The number of hydrogen-bond acceptors (Lipinski definition) is 3. The topological polar surface area (TPSA) is 33.8 Å². The molecule has 1 N–H and O–H groups in total. The molecular weight excluding hydrogens is 142 g/mol. The van der Waals surface area contributed by atoms with Gasteiger partial charge in [-0.1, -0.05) is 0 Å². The largest absolute Gasteiger partial charge is 0.378 e. The van der Waals surface area contributed by atoms with E-state index in [9.17, 15) is 0 Å². The number of rotatable bonds is 0. The monoisotopic (exact) mass is 155 g/mol. The average molecular weight is 155 g/mol. The summed E-state index contributed by atoms with van der Waals surface area (Å²) >= 11 is 0. The van der Waals surface area contributed by atoms with Crippen molar-refractivity contribution in [1.82, 2.24) is 5.32 Å². The summed E-state index contributed by atoms with van der Waals surface area (Å²) in [5, 5.41) is 3.57. The predicted octanol–water partition coefficient (Wildman–Crippen LogP) is -0.0954. The van der Waals surface area contributed by atoms with Crippen molar-refractivity contribution < 1.29 is 9.47 Å². The minimum atomic E-state index is 0.555. The molecule has 0 spiro atoms. The van der Waals surface area contributed by atoms with Gasteiger partial charge in [-0.05, 0) is 12.8 Å². The summed E-state index contributed by atoms with van der Waals surface area (Å²) < 4.78 is 11.0. The molecule has 0 saturated carbocycles. The molecule has 3 heterocycles. The maximum absolute atomic E-state index is 5.50. The van der Waals surface area contributed by atoms with Crippen molar-refractivity contribution in [3.05, 3.63) is 0 Å². The Balaban J connectivity index is 1.77. The molecule has 3 aliphatic rings. The molecule has 3 saturated heterocycles. The predicted molar refractivity (Wildman–Crippen MR) is 39.4 cm³/mol. The SMILES string of the molecule is C1OCC2CC3OC3CC1N2. The van der Waals surface area contributed by atoms with Crippen LogP contribution in [0.2, 0.25) is 0 Å². The molecule has 3 heteroatoms. The molecule has 3 aliphatic heterocycles. The van der Waals surface area contributed by atoms with Crippen LogP contribution < -0.4 is 5.32 Å². The van der Waals surface area contributed by atoms with E-state index in [0.717, 1.165) is 26.1 Å². The summed E-state index contributed by atoms with van der Waals surface area (Å²) in [6.45, 7) is 1.76. The fourth-order valence-corrected chi connectivity index (χ4v) is 2.21. The normalized spacial score (nSPS) is 54.5. The maximum atomic E-state index is 5.50. The second-order valence-electron chi connectivity index (χ2n) is 3.78. The number of hydrogen-bond donors (Lipinski definition) is 1. The van der Waals surface area contributed by atoms with Crippen LogP contribution in [0.5, 0.6) is 0 Å². The first-order chi connectivity index (χ1) is 5.42. The van der Waals surface area contributed by atoms with Crippen molar-refractivity contribution in [2.45, 2.75) is 37.1 Å². The van der Waals surface area contributed by atoms with E-state index < -0.39 is 0 Å². The van der Waals surface area contributed by atoms with Crippen molar-refractivity contribution in [2.24, 2.45) is 0 Å². The molecule has 62 valence electrons. The molecule has 2 bridgehead atoms. The molecule has 3 nitrogen and oxygen atoms in total. The number of nitrogens with one attached hydrogen (secondary N) is 1. The van der Waals surface area contributed by atoms with Gasteiger partial charge in [-0.3, -0.25) is 0 Å². The van der Waals surface area contributed by atoms with Crippen LogP contribution in [0, 0.1) is 0 Å². The van der Waals surface area contributed by atoms with E-state index in [4.69, 9.17) is 9.47 Å². The van der Waals surface area contributed by atoms with Gasteiger partial charge in [0, 0.05) is 12.1 Å². The fourth-order valence-electron chi connectivity index (χ4n) is 2.21. The van der Waals surface area contributed by atoms with E-state index in [1.165, 1.54) is 0 Å². The van der Waals surface area contributed by atoms with E-state index in [0.29, 0.717) is 24.3 Å². The average Bonchev–Trinajstić information content (AvgIpc) is 2.67. The van der Waals surface area contributed by atoms with Gasteiger partial charge in [-0.15, -0.1) is 0 Å². The molecule has 0 aromatic rings. The number of morpholine rings is 1. The van der Waals surface area contributed by atoms with Gasteiger partial charge in [0.05, 0.1) is 25.4 Å². The molecule has 3 fully saturated rings. The molecule has 0 aromatic carbocycles. The second kappa shape index (κ2) is 2.19. The minimum Gasteiger partial charge on any atom is -0.378 e. The Morgan fingerprint density at radius 1 is 1.00 bits per heavy atom. The molecule has 11 heavy (non-hydrogen) atoms. The van der Waals surface area contributed by atoms with Gasteiger partial charge < -0.3 is 14.8 Å². The van der Waals surface area contributed by atoms with Gasteiger partial charge in [-0.25, -0.2) is 0 Å². The van der Waals surface area contributed by atoms with E-state index in [2.05, 4.69) is 5.32 Å². The first-order valence-electron chi connectivity index (χ1n) is 4.41. The summed E-state index contributed by atoms with van der Waals surface area (Å²) in [5.41, 5.74) is 0. The van der Waals surface area contributed by atoms with Gasteiger partial charge >= 0.3 is 0 Å². The highest BCUT2D eigenvalue weighted by Gasteiger charge is 2.45. The molecule has 0 aliphatic carbocycles. The Bertz CT molecular complexity index is 153. The van der Waals surface area contributed by atoms with Gasteiger partial charge in [0.25, 0.3) is 0 Å². The van der Waals surface area contributed by atoms with Crippen molar-refractivity contribution in [2.75, 3.05) is 13.2 Å². The lowest BCUT2D eigenvalue weighted by atomic mass is 10.1. The Hall–Kier alpha value is -0.120. The number of epoxide rings is 1. The molecule has 4 atom stereocenters. The quantitative estimate of drug-likeness (QED) is 0.496. The van der Waals surface area contributed by atoms with E-state index in [1.807, 2.05) is 0 Å². The fraction of sp³-hybridized carbons (Fsp3) is 1.00. The lowest BCUT2D eigenvalue weighted by Gasteiger charge is -2.29. The molecule has 0 amide bonds. The van der Waals surface area contributed by atoms with Gasteiger partial charge in [0.1, 0.15) is 0 Å². The van der Waals surface area contributed by atoms with Crippen LogP contribution in [0.3, 0.4) is 0 Å². The molecule has 0 radical (unpaired) electrons. The maximum Gasteiger partial charge on any atom is 0.0858 e. The number of ether oxygens (including phenoxy) is 2. The third kappa shape index (κ3) is 1.08. The zero-order chi connectivity index (χ0) is 7.26. The van der Waals surface area contributed by atoms with E-state index in [-0.39, 0.29) is 0 Å². The van der Waals surface area contributed by atoms with E-state index in [1.54, 1.807) is 0 Å². The Morgan fingerprint density at radius 2 is 1.64 bits per heavy atom. The highest BCUT2D eigenvalue weighted by Crippen LogP contribution is 2.34. The van der Waals surface area contributed by atoms with Crippen molar-refractivity contribution in [3.8, 4) is 0 Å². The molecule has 4 unspecified atom stereocenters. The van der Waals surface area contributed by atoms with Crippen LogP contribution in [0.15, 0.2) is 0 Å². The molecule has 3 rings (SSSR count). The molecular formula is C8H13NO2. The summed E-state index contributed by atoms with van der Waals surface area (Å²) in [7, 11) is 0. The van der Waals surface area contributed by atoms with Crippen molar-refractivity contribution in [1.29, 1.82) is 0 Å². The van der Waals surface area contributed by atoms with Crippen molar-refractivity contribution in [3.63, 3.8) is 0 Å². The number of fused-ring (bicyclic) bond motifs is 3. The summed E-state index contributed by atoms with van der Waals surface area (Å²) in [5.74, 6) is 0. The molecule has 0 aromatic heterocycles. The first kappa shape index (κ1) is 6.40. The Kier molecular flexibility index (Phi) is 1.27. The first-order valence-corrected chi connectivity index (χ1v) is 4.41. The van der Waals surface area contributed by atoms with Crippen LogP contribution in [0.25, 0.3) is 0 Å². The van der Waals surface area contributed by atoms with Gasteiger partial charge in [0.15, 0.2) is 0 Å². The Morgan fingerprint density at radius 3 is 2.27 bits per heavy atom. The van der Waals surface area contributed by atoms with Crippen LogP contribution in [-0.2, 0) is 9.47 Å². The third-order valence-electron chi connectivity index (χ3n) is 2.83. The van der Waals surface area contributed by atoms with Crippen molar-refractivity contribution >= 4 is 0 Å². The standard InChI is InChI=1S/C8H13NO2/c1-5-3-10-4-6(9-5)2-8-7(1)11-8/h5-9H,1-4H2.